The van der Waals surface area contributed by atoms with E-state index in [9.17, 15) is 14.4 Å². The average Bonchev–Trinajstić information content (AvgIpc) is 2.36. The number of esters is 1. The van der Waals surface area contributed by atoms with Crippen molar-refractivity contribution < 1.29 is 23.6 Å². The Balaban J connectivity index is 2.72. The second kappa shape index (κ2) is 6.24. The summed E-state index contributed by atoms with van der Waals surface area (Å²) in [7, 11) is 5.99. The molecule has 0 heterocycles. The highest BCUT2D eigenvalue weighted by molar-refractivity contribution is 5.96. The third-order valence-corrected chi connectivity index (χ3v) is 2.57. The largest absolute Gasteiger partial charge is 0.456 e. The molecule has 0 aliphatic rings. The van der Waals surface area contributed by atoms with Crippen LogP contribution in [0.3, 0.4) is 0 Å². The molecule has 5 nitrogen and oxygen atoms in total. The van der Waals surface area contributed by atoms with Gasteiger partial charge in [-0.2, -0.15) is 0 Å². The van der Waals surface area contributed by atoms with Crippen LogP contribution in [0.25, 0.3) is 0 Å². The minimum Gasteiger partial charge on any atom is -0.456 e. The van der Waals surface area contributed by atoms with E-state index in [1.165, 1.54) is 18.2 Å². The maximum atomic E-state index is 11.8. The van der Waals surface area contributed by atoms with Gasteiger partial charge >= 0.3 is 5.97 Å². The van der Waals surface area contributed by atoms with E-state index in [1.807, 2.05) is 21.1 Å². The number of carbonyl (C=O) groups is 3. The number of quaternary nitrogens is 1. The number of nitrogens with zero attached hydrogens (tertiary/aromatic N) is 1. The first-order valence-electron chi connectivity index (χ1n) is 5.89. The predicted octanol–water partition coefficient (Wildman–Crippen LogP) is 1.17. The summed E-state index contributed by atoms with van der Waals surface area (Å²) in [4.78, 5) is 33.2. The molecule has 0 aromatic heterocycles. The lowest BCUT2D eigenvalue weighted by atomic mass is 10.1. The maximum Gasteiger partial charge on any atom is 0.338 e. The van der Waals surface area contributed by atoms with E-state index < -0.39 is 5.97 Å². The highest BCUT2D eigenvalue weighted by Crippen LogP contribution is 2.10. The normalized spacial score (nSPS) is 10.9. The van der Waals surface area contributed by atoms with E-state index in [2.05, 4.69) is 0 Å². The van der Waals surface area contributed by atoms with Gasteiger partial charge in [-0.1, -0.05) is 6.07 Å². The summed E-state index contributed by atoms with van der Waals surface area (Å²) in [6.45, 7) is 0.993. The van der Waals surface area contributed by atoms with Crippen LogP contribution in [-0.4, -0.2) is 57.3 Å². The van der Waals surface area contributed by atoms with Crippen LogP contribution >= 0.6 is 0 Å². The van der Waals surface area contributed by atoms with Crippen LogP contribution in [0.1, 0.15) is 31.1 Å². The van der Waals surface area contributed by atoms with Crippen molar-refractivity contribution in [3.63, 3.8) is 0 Å². The molecule has 19 heavy (non-hydrogen) atoms. The zero-order chi connectivity index (χ0) is 14.5. The zero-order valence-electron chi connectivity index (χ0n) is 11.4. The molecule has 1 aromatic carbocycles. The van der Waals surface area contributed by atoms with Crippen molar-refractivity contribution >= 4 is 18.5 Å². The molecule has 5 heteroatoms. The minimum absolute atomic E-state index is 0.191. The molecule has 1 rings (SSSR count). The van der Waals surface area contributed by atoms with Gasteiger partial charge in [0.1, 0.15) is 13.2 Å². The van der Waals surface area contributed by atoms with E-state index in [-0.39, 0.29) is 16.7 Å². The summed E-state index contributed by atoms with van der Waals surface area (Å²) in [6.07, 6.45) is 1.13. The van der Waals surface area contributed by atoms with Gasteiger partial charge in [0.25, 0.3) is 0 Å². The maximum absolute atomic E-state index is 11.8. The SMILES string of the molecule is C[N+](C)(C)CCOC(=O)c1ccc(C=O)c(C=O)c1. The van der Waals surface area contributed by atoms with Crippen LogP contribution in [0.4, 0.5) is 0 Å². The number of carbonyl (C=O) groups excluding carboxylic acids is 3. The number of aldehydes is 2. The van der Waals surface area contributed by atoms with Gasteiger partial charge in [0, 0.05) is 11.1 Å². The number of benzene rings is 1. The Morgan fingerprint density at radius 2 is 1.79 bits per heavy atom. The number of likely N-dealkylation sites (N-methyl/N-ethyl adjacent to an activating group) is 1. The van der Waals surface area contributed by atoms with Crippen LogP contribution in [0.5, 0.6) is 0 Å². The number of hydrogen-bond donors (Lipinski definition) is 0. The molecule has 0 N–H and O–H groups in total. The van der Waals surface area contributed by atoms with E-state index >= 15 is 0 Å². The van der Waals surface area contributed by atoms with Gasteiger partial charge in [0.2, 0.25) is 0 Å². The first-order valence-corrected chi connectivity index (χ1v) is 5.89. The summed E-state index contributed by atoms with van der Waals surface area (Å²) in [5.74, 6) is -0.492. The van der Waals surface area contributed by atoms with Crippen molar-refractivity contribution in [2.75, 3.05) is 34.3 Å². The molecule has 0 aliphatic heterocycles. The van der Waals surface area contributed by atoms with Crippen molar-refractivity contribution in [3.05, 3.63) is 34.9 Å². The van der Waals surface area contributed by atoms with Crippen LogP contribution in [0, 0.1) is 0 Å². The molecule has 0 amide bonds. The molecule has 0 atom stereocenters. The van der Waals surface area contributed by atoms with Crippen molar-refractivity contribution in [1.29, 1.82) is 0 Å². The molecule has 0 radical (unpaired) electrons. The summed E-state index contributed by atoms with van der Waals surface area (Å²) in [5.41, 5.74) is 0.725. The summed E-state index contributed by atoms with van der Waals surface area (Å²) < 4.78 is 5.81. The number of rotatable bonds is 6. The molecule has 0 spiro atoms. The molecule has 0 bridgehead atoms. The van der Waals surface area contributed by atoms with Crippen molar-refractivity contribution in [2.45, 2.75) is 0 Å². The lowest BCUT2D eigenvalue weighted by molar-refractivity contribution is -0.870. The summed E-state index contributed by atoms with van der Waals surface area (Å²) in [5, 5.41) is 0. The summed E-state index contributed by atoms with van der Waals surface area (Å²) >= 11 is 0. The van der Waals surface area contributed by atoms with Crippen molar-refractivity contribution in [2.24, 2.45) is 0 Å². The van der Waals surface area contributed by atoms with Gasteiger partial charge in [-0.3, -0.25) is 9.59 Å². The lowest BCUT2D eigenvalue weighted by Crippen LogP contribution is -2.38. The Hall–Kier alpha value is -2.01. The first-order chi connectivity index (χ1) is 8.87. The predicted molar refractivity (Wildman–Crippen MR) is 70.4 cm³/mol. The van der Waals surface area contributed by atoms with Gasteiger partial charge in [0.05, 0.1) is 26.7 Å². The molecule has 0 aliphatic carbocycles. The fourth-order valence-electron chi connectivity index (χ4n) is 1.41. The topological polar surface area (TPSA) is 60.4 Å². The van der Waals surface area contributed by atoms with Crippen LogP contribution in [0.15, 0.2) is 18.2 Å². The molecule has 0 saturated carbocycles. The molecular weight excluding hydrogens is 246 g/mol. The van der Waals surface area contributed by atoms with Crippen LogP contribution in [-0.2, 0) is 4.74 Å². The molecule has 0 saturated heterocycles. The van der Waals surface area contributed by atoms with Gasteiger partial charge in [-0.25, -0.2) is 4.79 Å². The Labute approximate surface area is 112 Å². The Morgan fingerprint density at radius 1 is 1.16 bits per heavy atom. The minimum atomic E-state index is -0.492. The third kappa shape index (κ3) is 4.63. The highest BCUT2D eigenvalue weighted by atomic mass is 16.5. The molecular formula is C14H18NO4+. The van der Waals surface area contributed by atoms with E-state index in [0.717, 1.165) is 0 Å². The molecule has 1 aromatic rings. The average molecular weight is 264 g/mol. The first kappa shape index (κ1) is 15.0. The van der Waals surface area contributed by atoms with Crippen molar-refractivity contribution in [1.82, 2.24) is 0 Å². The standard InChI is InChI=1S/C14H18NO4/c1-15(2,3)6-7-19-14(18)11-4-5-12(9-16)13(8-11)10-17/h4-5,8-10H,6-7H2,1-3H3/q+1. The monoisotopic (exact) mass is 264 g/mol. The van der Waals surface area contributed by atoms with E-state index in [1.54, 1.807) is 0 Å². The second-order valence-corrected chi connectivity index (χ2v) is 5.23. The molecule has 102 valence electrons. The number of ether oxygens (including phenoxy) is 1. The fraction of sp³-hybridized carbons (Fsp3) is 0.357. The fourth-order valence-corrected chi connectivity index (χ4v) is 1.41. The number of hydrogen-bond acceptors (Lipinski definition) is 4. The summed E-state index contributed by atoms with van der Waals surface area (Å²) in [6, 6.07) is 4.28. The molecule has 0 fully saturated rings. The van der Waals surface area contributed by atoms with E-state index in [4.69, 9.17) is 4.74 Å². The molecule has 0 unspecified atom stereocenters. The third-order valence-electron chi connectivity index (χ3n) is 2.57. The van der Waals surface area contributed by atoms with Crippen LogP contribution < -0.4 is 0 Å². The van der Waals surface area contributed by atoms with Gasteiger partial charge < -0.3 is 9.22 Å². The Bertz CT molecular complexity index is 489. The Morgan fingerprint density at radius 3 is 2.32 bits per heavy atom. The smallest absolute Gasteiger partial charge is 0.338 e. The van der Waals surface area contributed by atoms with E-state index in [0.29, 0.717) is 30.2 Å². The van der Waals surface area contributed by atoms with Gasteiger partial charge in [0.15, 0.2) is 12.6 Å². The highest BCUT2D eigenvalue weighted by Gasteiger charge is 2.13. The van der Waals surface area contributed by atoms with Crippen molar-refractivity contribution in [3.8, 4) is 0 Å². The zero-order valence-corrected chi connectivity index (χ0v) is 11.4. The van der Waals surface area contributed by atoms with Crippen LogP contribution in [0.2, 0.25) is 0 Å². The lowest BCUT2D eigenvalue weighted by Gasteiger charge is -2.23. The Kier molecular flexibility index (Phi) is 4.94. The van der Waals surface area contributed by atoms with Gasteiger partial charge in [-0.05, 0) is 12.1 Å². The second-order valence-electron chi connectivity index (χ2n) is 5.23. The van der Waals surface area contributed by atoms with Gasteiger partial charge in [-0.15, -0.1) is 0 Å². The quantitative estimate of drug-likeness (QED) is 0.440.